The predicted octanol–water partition coefficient (Wildman–Crippen LogP) is 19.2. The fraction of sp³-hybridized carbons (Fsp3) is 0.712. The van der Waals surface area contributed by atoms with Crippen molar-refractivity contribution in [2.75, 3.05) is 40.9 Å². The molecule has 0 aromatic rings. The number of aliphatic hydroxyl groups excluding tert-OH is 1. The molecule has 0 aromatic heterocycles. The van der Waals surface area contributed by atoms with E-state index in [2.05, 4.69) is 116 Å². The van der Waals surface area contributed by atoms with Crippen LogP contribution in [-0.4, -0.2) is 73.4 Å². The maximum absolute atomic E-state index is 13.0. The smallest absolute Gasteiger partial charge is 0.387 e. The van der Waals surface area contributed by atoms with E-state index >= 15 is 0 Å². The first-order valence-corrected chi connectivity index (χ1v) is 32.3. The topological polar surface area (TPSA) is 105 Å². The van der Waals surface area contributed by atoms with Crippen molar-refractivity contribution >= 4 is 13.7 Å². The molecule has 1 amide bonds. The fourth-order valence-electron chi connectivity index (χ4n) is 8.43. The van der Waals surface area contributed by atoms with E-state index in [9.17, 15) is 19.4 Å². The molecule has 0 saturated carbocycles. The Kier molecular flexibility index (Phi) is 53.8. The Morgan fingerprint density at radius 2 is 0.813 bits per heavy atom. The van der Waals surface area contributed by atoms with Gasteiger partial charge in [-0.1, -0.05) is 258 Å². The number of quaternary nitrogens is 1. The molecule has 0 spiro atoms. The van der Waals surface area contributed by atoms with Crippen molar-refractivity contribution in [3.8, 4) is 0 Å². The lowest BCUT2D eigenvalue weighted by Gasteiger charge is -2.25. The van der Waals surface area contributed by atoms with Crippen LogP contribution < -0.4 is 5.32 Å². The molecule has 3 unspecified atom stereocenters. The van der Waals surface area contributed by atoms with E-state index in [4.69, 9.17) is 9.05 Å². The van der Waals surface area contributed by atoms with Gasteiger partial charge in [0.15, 0.2) is 0 Å². The maximum Gasteiger partial charge on any atom is 0.472 e. The van der Waals surface area contributed by atoms with Gasteiger partial charge in [-0.05, 0) is 96.3 Å². The third-order valence-electron chi connectivity index (χ3n) is 13.2. The van der Waals surface area contributed by atoms with Crippen molar-refractivity contribution < 1.29 is 32.9 Å². The van der Waals surface area contributed by atoms with Crippen molar-refractivity contribution in [2.45, 2.75) is 264 Å². The zero-order valence-corrected chi connectivity index (χ0v) is 50.1. The Balaban J connectivity index is 4.19. The predicted molar refractivity (Wildman–Crippen MR) is 327 cm³/mol. The van der Waals surface area contributed by atoms with Crippen LogP contribution in [0.2, 0.25) is 0 Å². The molecule has 0 bridgehead atoms. The van der Waals surface area contributed by atoms with E-state index in [1.807, 2.05) is 27.2 Å². The third-order valence-corrected chi connectivity index (χ3v) is 14.2. The van der Waals surface area contributed by atoms with Crippen LogP contribution in [0.3, 0.4) is 0 Å². The van der Waals surface area contributed by atoms with Gasteiger partial charge in [0.2, 0.25) is 5.91 Å². The van der Waals surface area contributed by atoms with Gasteiger partial charge in [0.05, 0.1) is 39.9 Å². The minimum Gasteiger partial charge on any atom is -0.387 e. The quantitative estimate of drug-likeness (QED) is 0.0243. The third kappa shape index (κ3) is 58.7. The van der Waals surface area contributed by atoms with Gasteiger partial charge >= 0.3 is 7.82 Å². The molecule has 0 aliphatic carbocycles. The lowest BCUT2D eigenvalue weighted by atomic mass is 10.0. The van der Waals surface area contributed by atoms with E-state index in [0.29, 0.717) is 17.4 Å². The van der Waals surface area contributed by atoms with Gasteiger partial charge in [-0.3, -0.25) is 13.8 Å². The van der Waals surface area contributed by atoms with Crippen LogP contribution >= 0.6 is 7.82 Å². The Labute approximate surface area is 463 Å². The van der Waals surface area contributed by atoms with Gasteiger partial charge in [-0.25, -0.2) is 4.57 Å². The summed E-state index contributed by atoms with van der Waals surface area (Å²) < 4.78 is 23.7. The van der Waals surface area contributed by atoms with Gasteiger partial charge < -0.3 is 19.8 Å². The number of allylic oxidation sites excluding steroid dienone is 17. The highest BCUT2D eigenvalue weighted by atomic mass is 31.2. The monoisotopic (exact) mass is 1070 g/mol. The van der Waals surface area contributed by atoms with Crippen LogP contribution in [-0.2, 0) is 18.4 Å². The lowest BCUT2D eigenvalue weighted by molar-refractivity contribution is -0.870. The van der Waals surface area contributed by atoms with Crippen LogP contribution in [0.5, 0.6) is 0 Å². The number of nitrogens with zero attached hydrogens (tertiary/aromatic N) is 1. The number of unbranched alkanes of at least 4 members (excludes halogenated alkanes) is 26. The van der Waals surface area contributed by atoms with E-state index in [-0.39, 0.29) is 19.1 Å². The van der Waals surface area contributed by atoms with Crippen molar-refractivity contribution in [3.05, 3.63) is 109 Å². The van der Waals surface area contributed by atoms with Gasteiger partial charge in [0.1, 0.15) is 13.2 Å². The summed E-state index contributed by atoms with van der Waals surface area (Å²) >= 11 is 0. The second kappa shape index (κ2) is 55.9. The van der Waals surface area contributed by atoms with Crippen molar-refractivity contribution in [1.82, 2.24) is 5.32 Å². The van der Waals surface area contributed by atoms with E-state index in [1.54, 1.807) is 6.08 Å². The normalized spacial score (nSPS) is 14.6. The summed E-state index contributed by atoms with van der Waals surface area (Å²) in [5.41, 5.74) is 0. The molecule has 0 aliphatic heterocycles. The summed E-state index contributed by atoms with van der Waals surface area (Å²) in [6.07, 6.45) is 82.0. The molecule has 0 heterocycles. The summed E-state index contributed by atoms with van der Waals surface area (Å²) in [5.74, 6) is -0.194. The van der Waals surface area contributed by atoms with Gasteiger partial charge in [0, 0.05) is 6.42 Å². The molecule has 0 rings (SSSR count). The Bertz CT molecular complexity index is 1590. The SMILES string of the molecule is CC/C=C\C/C=C\C/C=C\C/C=C\C/C=C\C/C=C\CCCCCCCCCCCCCCCCC(=O)NC(COP(=O)(O)OCC[N+](C)(C)C)C(O)/C=C/CC/C=C/CC/C=C/CCCCCCCCCCCC. The molecule has 3 N–H and O–H groups in total. The van der Waals surface area contributed by atoms with Crippen molar-refractivity contribution in [2.24, 2.45) is 0 Å². The van der Waals surface area contributed by atoms with Gasteiger partial charge in [-0.2, -0.15) is 0 Å². The van der Waals surface area contributed by atoms with E-state index in [1.165, 1.54) is 148 Å². The lowest BCUT2D eigenvalue weighted by Crippen LogP contribution is -2.45. The number of hydrogen-bond donors (Lipinski definition) is 3. The standard InChI is InChI=1S/C66H117N2O6P/c1-6-8-10-12-14-16-18-20-22-24-26-28-29-30-31-32-33-34-35-36-37-38-39-40-42-44-46-48-50-52-54-56-58-60-66(70)67-64(63-74-75(71,72)73-62-61-68(3,4)5)65(69)59-57-55-53-51-49-47-45-43-41-27-25-23-21-19-17-15-13-11-9-7-2/h8,10,14,16,20,22,26,28,30-31,33-34,41,43,49,51,57,59,64-65,69H,6-7,9,11-13,15,17-19,21,23-25,27,29,32,35-40,42,44-48,50,52-56,58,60-63H2,1-5H3,(H-,67,70,71,72)/p+1/b10-8-,16-14-,22-20-,28-26-,31-30-,34-33-,43-41+,51-49+,59-57+. The first-order chi connectivity index (χ1) is 36.5. The Hall–Kier alpha value is -2.84. The van der Waals surface area contributed by atoms with Crippen LogP contribution in [0.1, 0.15) is 251 Å². The summed E-state index contributed by atoms with van der Waals surface area (Å²) in [4.78, 5) is 23.3. The minimum absolute atomic E-state index is 0.0493. The molecule has 75 heavy (non-hydrogen) atoms. The van der Waals surface area contributed by atoms with Gasteiger partial charge in [-0.15, -0.1) is 0 Å². The van der Waals surface area contributed by atoms with Crippen LogP contribution in [0, 0.1) is 0 Å². The minimum atomic E-state index is -4.37. The molecule has 0 fully saturated rings. The molecule has 0 saturated heterocycles. The van der Waals surface area contributed by atoms with E-state index < -0.39 is 20.0 Å². The molecule has 0 aliphatic rings. The number of phosphoric ester groups is 1. The summed E-state index contributed by atoms with van der Waals surface area (Å²) in [5, 5.41) is 13.9. The molecule has 3 atom stereocenters. The number of amides is 1. The second-order valence-electron chi connectivity index (χ2n) is 21.7. The van der Waals surface area contributed by atoms with Crippen LogP contribution in [0.15, 0.2) is 109 Å². The summed E-state index contributed by atoms with van der Waals surface area (Å²) in [6.45, 7) is 4.68. The molecule has 0 radical (unpaired) electrons. The number of nitrogens with one attached hydrogen (secondary N) is 1. The zero-order valence-electron chi connectivity index (χ0n) is 49.3. The Morgan fingerprint density at radius 3 is 1.23 bits per heavy atom. The van der Waals surface area contributed by atoms with Crippen LogP contribution in [0.4, 0.5) is 0 Å². The molecule has 0 aromatic carbocycles. The maximum atomic E-state index is 13.0. The highest BCUT2D eigenvalue weighted by molar-refractivity contribution is 7.47. The average Bonchev–Trinajstić information content (AvgIpc) is 3.37. The highest BCUT2D eigenvalue weighted by Crippen LogP contribution is 2.43. The molecule has 432 valence electrons. The molecular weight excluding hydrogens is 948 g/mol. The second-order valence-corrected chi connectivity index (χ2v) is 23.1. The molecule has 9 heteroatoms. The fourth-order valence-corrected chi connectivity index (χ4v) is 9.17. The largest absolute Gasteiger partial charge is 0.472 e. The van der Waals surface area contributed by atoms with Crippen LogP contribution in [0.25, 0.3) is 0 Å². The first-order valence-electron chi connectivity index (χ1n) is 30.8. The summed E-state index contributed by atoms with van der Waals surface area (Å²) in [7, 11) is 1.54. The van der Waals surface area contributed by atoms with E-state index in [0.717, 1.165) is 83.5 Å². The van der Waals surface area contributed by atoms with Crippen molar-refractivity contribution in [3.63, 3.8) is 0 Å². The number of hydrogen-bond acceptors (Lipinski definition) is 5. The number of aliphatic hydroxyl groups is 1. The van der Waals surface area contributed by atoms with Gasteiger partial charge in [0.25, 0.3) is 0 Å². The molecule has 8 nitrogen and oxygen atoms in total. The number of carbonyl (C=O) groups is 1. The van der Waals surface area contributed by atoms with Crippen molar-refractivity contribution in [1.29, 1.82) is 0 Å². The zero-order chi connectivity index (χ0) is 54.9. The number of likely N-dealkylation sites (N-methyl/N-ethyl adjacent to an activating group) is 1. The average molecular weight is 1070 g/mol. The number of phosphoric acid groups is 1. The summed E-state index contributed by atoms with van der Waals surface area (Å²) in [6, 6.07) is -0.877. The highest BCUT2D eigenvalue weighted by Gasteiger charge is 2.27. The number of rotatable bonds is 55. The molecular formula is C66H118N2O6P+. The Morgan fingerprint density at radius 1 is 0.467 bits per heavy atom. The number of carbonyl (C=O) groups excluding carboxylic acids is 1. The first kappa shape index (κ1) is 72.2.